The summed E-state index contributed by atoms with van der Waals surface area (Å²) in [6, 6.07) is 9.82. The molecule has 0 radical (unpaired) electrons. The number of benzene rings is 1. The lowest BCUT2D eigenvalue weighted by Gasteiger charge is -2.39. The minimum absolute atomic E-state index is 0.0494. The van der Waals surface area contributed by atoms with Crippen molar-refractivity contribution in [1.82, 2.24) is 14.9 Å². The minimum Gasteiger partial charge on any atom is -0.311 e. The van der Waals surface area contributed by atoms with Crippen LogP contribution in [-0.2, 0) is 4.79 Å². The number of nitrogens with zero attached hydrogens (tertiary/aromatic N) is 4. The first-order valence-electron chi connectivity index (χ1n) is 8.03. The first-order chi connectivity index (χ1) is 11.2. The predicted molar refractivity (Wildman–Crippen MR) is 90.0 cm³/mol. The Bertz CT molecular complexity index is 647. The van der Waals surface area contributed by atoms with Crippen LogP contribution in [0.25, 0.3) is 0 Å². The van der Waals surface area contributed by atoms with Gasteiger partial charge >= 0.3 is 0 Å². The molecule has 2 aromatic rings. The third kappa shape index (κ3) is 3.24. The highest BCUT2D eigenvalue weighted by Gasteiger charge is 2.34. The zero-order chi connectivity index (χ0) is 16.2. The molecule has 1 saturated heterocycles. The first-order valence-corrected chi connectivity index (χ1v) is 8.03. The number of anilines is 1. The summed E-state index contributed by atoms with van der Waals surface area (Å²) in [7, 11) is 2.00. The molecule has 0 N–H and O–H groups in total. The molecule has 5 nitrogen and oxygen atoms in total. The van der Waals surface area contributed by atoms with Crippen LogP contribution in [0.1, 0.15) is 31.5 Å². The highest BCUT2D eigenvalue weighted by molar-refractivity contribution is 5.97. The summed E-state index contributed by atoms with van der Waals surface area (Å²) in [5.74, 6) is 0.167. The zero-order valence-corrected chi connectivity index (χ0v) is 13.6. The standard InChI is InChI=1S/C18H22N4O/c1-14(16-13-19-10-11-20-16)21(2)17-9-6-12-22(18(17)23)15-7-4-3-5-8-15/h3-5,7-8,10-11,13-14,17H,6,9,12H2,1-2H3/t14-,17-/m1/s1. The summed E-state index contributed by atoms with van der Waals surface area (Å²) in [5, 5.41) is 0. The lowest BCUT2D eigenvalue weighted by Crippen LogP contribution is -2.52. The molecule has 0 unspecified atom stereocenters. The molecule has 1 aliphatic rings. The van der Waals surface area contributed by atoms with Crippen LogP contribution < -0.4 is 4.90 Å². The van der Waals surface area contributed by atoms with Crippen molar-refractivity contribution in [3.63, 3.8) is 0 Å². The van der Waals surface area contributed by atoms with E-state index in [4.69, 9.17) is 0 Å². The third-order valence-electron chi connectivity index (χ3n) is 4.59. The van der Waals surface area contributed by atoms with Crippen LogP contribution in [0.5, 0.6) is 0 Å². The number of aromatic nitrogens is 2. The maximum atomic E-state index is 13.0. The Balaban J connectivity index is 1.78. The summed E-state index contributed by atoms with van der Waals surface area (Å²) in [6.45, 7) is 2.85. The van der Waals surface area contributed by atoms with E-state index in [9.17, 15) is 4.79 Å². The average Bonchev–Trinajstić information content (AvgIpc) is 2.62. The van der Waals surface area contributed by atoms with Crippen LogP contribution in [0.4, 0.5) is 5.69 Å². The van der Waals surface area contributed by atoms with Crippen molar-refractivity contribution in [1.29, 1.82) is 0 Å². The average molecular weight is 310 g/mol. The molecular formula is C18H22N4O. The van der Waals surface area contributed by atoms with Crippen molar-refractivity contribution in [3.8, 4) is 0 Å². The van der Waals surface area contributed by atoms with E-state index in [0.717, 1.165) is 30.8 Å². The van der Waals surface area contributed by atoms with Gasteiger partial charge in [-0.05, 0) is 38.9 Å². The van der Waals surface area contributed by atoms with Gasteiger partial charge in [0.25, 0.3) is 0 Å². The van der Waals surface area contributed by atoms with Gasteiger partial charge in [-0.1, -0.05) is 18.2 Å². The van der Waals surface area contributed by atoms with Crippen LogP contribution in [0, 0.1) is 0 Å². The molecule has 0 spiro atoms. The Morgan fingerprint density at radius 2 is 2.04 bits per heavy atom. The van der Waals surface area contributed by atoms with Crippen LogP contribution in [0.2, 0.25) is 0 Å². The Morgan fingerprint density at radius 1 is 1.26 bits per heavy atom. The van der Waals surface area contributed by atoms with Gasteiger partial charge < -0.3 is 4.90 Å². The van der Waals surface area contributed by atoms with E-state index >= 15 is 0 Å². The number of hydrogen-bond donors (Lipinski definition) is 0. The van der Waals surface area contributed by atoms with Crippen molar-refractivity contribution in [3.05, 3.63) is 54.6 Å². The van der Waals surface area contributed by atoms with E-state index < -0.39 is 0 Å². The summed E-state index contributed by atoms with van der Waals surface area (Å²) in [5.41, 5.74) is 1.86. The molecule has 0 bridgehead atoms. The van der Waals surface area contributed by atoms with E-state index in [2.05, 4.69) is 21.8 Å². The summed E-state index contributed by atoms with van der Waals surface area (Å²) in [6.07, 6.45) is 7.01. The number of likely N-dealkylation sites (N-methyl/N-ethyl adjacent to an activating group) is 1. The van der Waals surface area contributed by atoms with E-state index in [-0.39, 0.29) is 18.0 Å². The van der Waals surface area contributed by atoms with Crippen molar-refractivity contribution >= 4 is 11.6 Å². The number of carbonyl (C=O) groups excluding carboxylic acids is 1. The summed E-state index contributed by atoms with van der Waals surface area (Å²) >= 11 is 0. The topological polar surface area (TPSA) is 49.3 Å². The fourth-order valence-corrected chi connectivity index (χ4v) is 3.10. The largest absolute Gasteiger partial charge is 0.311 e. The molecule has 1 fully saturated rings. The number of para-hydroxylation sites is 1. The maximum absolute atomic E-state index is 13.0. The SMILES string of the molecule is C[C@H](c1cnccn1)N(C)[C@@H]1CCCN(c2ccccc2)C1=O. The fraction of sp³-hybridized carbons (Fsp3) is 0.389. The Hall–Kier alpha value is -2.27. The van der Waals surface area contributed by atoms with Crippen LogP contribution in [0.15, 0.2) is 48.9 Å². The zero-order valence-electron chi connectivity index (χ0n) is 13.6. The van der Waals surface area contributed by atoms with E-state index in [1.807, 2.05) is 42.3 Å². The van der Waals surface area contributed by atoms with Crippen molar-refractivity contribution in [2.45, 2.75) is 31.8 Å². The van der Waals surface area contributed by atoms with Crippen LogP contribution in [-0.4, -0.2) is 40.4 Å². The molecule has 2 heterocycles. The maximum Gasteiger partial charge on any atom is 0.244 e. The number of amides is 1. The Morgan fingerprint density at radius 3 is 2.74 bits per heavy atom. The van der Waals surface area contributed by atoms with E-state index in [1.165, 1.54) is 0 Å². The number of carbonyl (C=O) groups is 1. The molecule has 1 aromatic carbocycles. The Labute approximate surface area is 137 Å². The van der Waals surface area contributed by atoms with Crippen LogP contribution in [0.3, 0.4) is 0 Å². The molecule has 0 saturated carbocycles. The fourth-order valence-electron chi connectivity index (χ4n) is 3.10. The second-order valence-corrected chi connectivity index (χ2v) is 5.96. The van der Waals surface area contributed by atoms with Gasteiger partial charge in [0.15, 0.2) is 0 Å². The second-order valence-electron chi connectivity index (χ2n) is 5.96. The minimum atomic E-state index is -0.124. The molecular weight excluding hydrogens is 288 g/mol. The van der Waals surface area contributed by atoms with E-state index in [1.54, 1.807) is 18.6 Å². The molecule has 2 atom stereocenters. The van der Waals surface area contributed by atoms with Crippen molar-refractivity contribution < 1.29 is 4.79 Å². The smallest absolute Gasteiger partial charge is 0.244 e. The highest BCUT2D eigenvalue weighted by Crippen LogP contribution is 2.27. The number of hydrogen-bond acceptors (Lipinski definition) is 4. The number of piperidine rings is 1. The summed E-state index contributed by atoms with van der Waals surface area (Å²) in [4.78, 5) is 25.5. The van der Waals surface area contributed by atoms with Gasteiger partial charge in [-0.2, -0.15) is 0 Å². The van der Waals surface area contributed by atoms with Gasteiger partial charge in [0.1, 0.15) is 0 Å². The predicted octanol–water partition coefficient (Wildman–Crippen LogP) is 2.67. The third-order valence-corrected chi connectivity index (χ3v) is 4.59. The number of rotatable bonds is 4. The van der Waals surface area contributed by atoms with Gasteiger partial charge in [0, 0.05) is 30.8 Å². The van der Waals surface area contributed by atoms with Crippen molar-refractivity contribution in [2.75, 3.05) is 18.5 Å². The molecule has 1 amide bonds. The highest BCUT2D eigenvalue weighted by atomic mass is 16.2. The van der Waals surface area contributed by atoms with E-state index in [0.29, 0.717) is 0 Å². The molecule has 0 aliphatic carbocycles. The van der Waals surface area contributed by atoms with Crippen LogP contribution >= 0.6 is 0 Å². The summed E-state index contributed by atoms with van der Waals surface area (Å²) < 4.78 is 0. The molecule has 1 aromatic heterocycles. The monoisotopic (exact) mass is 310 g/mol. The van der Waals surface area contributed by atoms with Gasteiger partial charge in [-0.25, -0.2) is 0 Å². The lowest BCUT2D eigenvalue weighted by atomic mass is 10.0. The lowest BCUT2D eigenvalue weighted by molar-refractivity contribution is -0.125. The molecule has 120 valence electrons. The van der Waals surface area contributed by atoms with Gasteiger partial charge in [-0.15, -0.1) is 0 Å². The quantitative estimate of drug-likeness (QED) is 0.871. The Kier molecular flexibility index (Phi) is 4.67. The molecule has 1 aliphatic heterocycles. The molecule has 23 heavy (non-hydrogen) atoms. The van der Waals surface area contributed by atoms with Crippen molar-refractivity contribution in [2.24, 2.45) is 0 Å². The van der Waals surface area contributed by atoms with Gasteiger partial charge in [0.2, 0.25) is 5.91 Å². The molecule has 5 heteroatoms. The molecule has 3 rings (SSSR count). The first kappa shape index (κ1) is 15.6. The normalized spacial score (nSPS) is 19.9. The van der Waals surface area contributed by atoms with Gasteiger partial charge in [0.05, 0.1) is 17.8 Å². The van der Waals surface area contributed by atoms with Gasteiger partial charge in [-0.3, -0.25) is 19.7 Å². The second kappa shape index (κ2) is 6.87.